The quantitative estimate of drug-likeness (QED) is 0.923. The molecule has 0 bridgehead atoms. The van der Waals surface area contributed by atoms with E-state index in [0.29, 0.717) is 12.1 Å². The lowest BCUT2D eigenvalue weighted by Gasteiger charge is -2.40. The Labute approximate surface area is 140 Å². The van der Waals surface area contributed by atoms with Gasteiger partial charge in [0.05, 0.1) is 6.10 Å². The molecule has 5 heteroatoms. The highest BCUT2D eigenvalue weighted by molar-refractivity contribution is 5.85. The normalized spacial score (nSPS) is 29.8. The van der Waals surface area contributed by atoms with Gasteiger partial charge in [-0.1, -0.05) is 13.0 Å². The molecule has 4 nitrogen and oxygen atoms in total. The molecule has 0 aliphatic carbocycles. The van der Waals surface area contributed by atoms with Gasteiger partial charge in [-0.25, -0.2) is 0 Å². The maximum absolute atomic E-state index is 5.82. The molecule has 0 amide bonds. The minimum absolute atomic E-state index is 0. The average Bonchev–Trinajstić information content (AvgIpc) is 2.56. The summed E-state index contributed by atoms with van der Waals surface area (Å²) < 4.78 is 5.82. The van der Waals surface area contributed by atoms with Gasteiger partial charge in [-0.05, 0) is 36.8 Å². The van der Waals surface area contributed by atoms with Gasteiger partial charge in [0.1, 0.15) is 0 Å². The molecular weight excluding hydrogens is 298 g/mol. The highest BCUT2D eigenvalue weighted by atomic mass is 35.5. The Morgan fingerprint density at radius 3 is 3.14 bits per heavy atom. The average molecular weight is 326 g/mol. The Balaban J connectivity index is 0.00000176. The van der Waals surface area contributed by atoms with Crippen LogP contribution in [0.5, 0.6) is 0 Å². The third-order valence-corrected chi connectivity index (χ3v) is 4.85. The molecule has 2 fully saturated rings. The fourth-order valence-corrected chi connectivity index (χ4v) is 3.61. The molecule has 2 aliphatic heterocycles. The maximum Gasteiger partial charge on any atom is 0.0575 e. The second-order valence-corrected chi connectivity index (χ2v) is 6.29. The summed E-state index contributed by atoms with van der Waals surface area (Å²) in [4.78, 5) is 6.94. The fourth-order valence-electron chi connectivity index (χ4n) is 3.61. The van der Waals surface area contributed by atoms with Crippen molar-refractivity contribution in [2.45, 2.75) is 38.3 Å². The molecule has 124 valence electrons. The zero-order valence-electron chi connectivity index (χ0n) is 13.4. The van der Waals surface area contributed by atoms with Crippen LogP contribution < -0.4 is 5.32 Å². The van der Waals surface area contributed by atoms with Crippen LogP contribution in [0, 0.1) is 5.92 Å². The van der Waals surface area contributed by atoms with E-state index in [4.69, 9.17) is 4.74 Å². The van der Waals surface area contributed by atoms with Crippen molar-refractivity contribution >= 4 is 12.4 Å². The lowest BCUT2D eigenvalue weighted by atomic mass is 9.92. The fraction of sp³-hybridized carbons (Fsp3) is 0.706. The van der Waals surface area contributed by atoms with Crippen LogP contribution in [0.25, 0.3) is 0 Å². The predicted octanol–water partition coefficient (Wildman–Crippen LogP) is 2.65. The molecule has 3 rings (SSSR count). The first-order valence-corrected chi connectivity index (χ1v) is 8.33. The van der Waals surface area contributed by atoms with Crippen molar-refractivity contribution < 1.29 is 4.74 Å². The van der Waals surface area contributed by atoms with E-state index in [0.717, 1.165) is 38.6 Å². The second kappa shape index (κ2) is 8.82. The largest absolute Gasteiger partial charge is 0.378 e. The molecule has 0 aromatic carbocycles. The molecule has 2 saturated heterocycles. The summed E-state index contributed by atoms with van der Waals surface area (Å²) in [5, 5.41) is 3.53. The summed E-state index contributed by atoms with van der Waals surface area (Å²) in [6.07, 6.45) is 7.92. The van der Waals surface area contributed by atoms with Crippen molar-refractivity contribution in [2.24, 2.45) is 5.92 Å². The molecule has 3 atom stereocenters. The number of aromatic nitrogens is 1. The molecule has 1 aromatic rings. The summed E-state index contributed by atoms with van der Waals surface area (Å²) in [6.45, 7) is 7.63. The van der Waals surface area contributed by atoms with Crippen LogP contribution in [0.15, 0.2) is 24.5 Å². The van der Waals surface area contributed by atoms with E-state index in [2.05, 4.69) is 28.2 Å². The molecule has 1 N–H and O–H groups in total. The van der Waals surface area contributed by atoms with Crippen molar-refractivity contribution in [1.82, 2.24) is 15.2 Å². The Kier molecular flexibility index (Phi) is 7.09. The van der Waals surface area contributed by atoms with Crippen LogP contribution in [0.3, 0.4) is 0 Å². The van der Waals surface area contributed by atoms with Gasteiger partial charge >= 0.3 is 0 Å². The lowest BCUT2D eigenvalue weighted by molar-refractivity contribution is -0.0223. The minimum atomic E-state index is 0. The molecule has 0 saturated carbocycles. The maximum atomic E-state index is 5.82. The van der Waals surface area contributed by atoms with Gasteiger partial charge in [-0.15, -0.1) is 12.4 Å². The standard InChI is InChI=1S/C17H27N3O.ClH/c1-2-16-10-14(5-9-21-16)13-20-8-7-19-12-17(20)15-4-3-6-18-11-15;/h3-4,6,11,14,16-17,19H,2,5,7-10,12-13H2,1H3;1H. The van der Waals surface area contributed by atoms with Gasteiger partial charge in [0.25, 0.3) is 0 Å². The first-order chi connectivity index (χ1) is 10.4. The number of hydrogen-bond acceptors (Lipinski definition) is 4. The zero-order chi connectivity index (χ0) is 14.5. The molecule has 1 aromatic heterocycles. The smallest absolute Gasteiger partial charge is 0.0575 e. The number of piperazine rings is 1. The summed E-state index contributed by atoms with van der Waals surface area (Å²) in [5.41, 5.74) is 1.34. The summed E-state index contributed by atoms with van der Waals surface area (Å²) in [7, 11) is 0. The number of nitrogens with zero attached hydrogens (tertiary/aromatic N) is 2. The molecular formula is C17H28ClN3O. The molecule has 22 heavy (non-hydrogen) atoms. The Morgan fingerprint density at radius 1 is 1.45 bits per heavy atom. The summed E-state index contributed by atoms with van der Waals surface area (Å²) in [5.74, 6) is 0.779. The van der Waals surface area contributed by atoms with E-state index in [1.165, 1.54) is 24.9 Å². The number of hydrogen-bond donors (Lipinski definition) is 1. The van der Waals surface area contributed by atoms with Gasteiger partial charge in [0.2, 0.25) is 0 Å². The second-order valence-electron chi connectivity index (χ2n) is 6.29. The van der Waals surface area contributed by atoms with Crippen molar-refractivity contribution in [3.63, 3.8) is 0 Å². The SMILES string of the molecule is CCC1CC(CN2CCNCC2c2cccnc2)CCO1.Cl. The van der Waals surface area contributed by atoms with Crippen molar-refractivity contribution in [2.75, 3.05) is 32.8 Å². The first kappa shape index (κ1) is 17.7. The Bertz CT molecular complexity index is 431. The van der Waals surface area contributed by atoms with Gasteiger partial charge < -0.3 is 10.1 Å². The summed E-state index contributed by atoms with van der Waals surface area (Å²) in [6, 6.07) is 4.72. The molecule has 3 heterocycles. The van der Waals surface area contributed by atoms with Crippen LogP contribution in [-0.2, 0) is 4.74 Å². The van der Waals surface area contributed by atoms with Gasteiger partial charge in [-0.3, -0.25) is 9.88 Å². The number of ether oxygens (including phenoxy) is 1. The number of pyridine rings is 1. The van der Waals surface area contributed by atoms with Crippen molar-refractivity contribution in [3.8, 4) is 0 Å². The van der Waals surface area contributed by atoms with Gasteiger partial charge in [-0.2, -0.15) is 0 Å². The topological polar surface area (TPSA) is 37.4 Å². The van der Waals surface area contributed by atoms with Crippen LogP contribution in [0.2, 0.25) is 0 Å². The van der Waals surface area contributed by atoms with Crippen LogP contribution in [0.1, 0.15) is 37.8 Å². The van der Waals surface area contributed by atoms with E-state index in [-0.39, 0.29) is 12.4 Å². The monoisotopic (exact) mass is 325 g/mol. The number of rotatable bonds is 4. The van der Waals surface area contributed by atoms with Gasteiger partial charge in [0.15, 0.2) is 0 Å². The highest BCUT2D eigenvalue weighted by Crippen LogP contribution is 2.27. The van der Waals surface area contributed by atoms with Crippen molar-refractivity contribution in [1.29, 1.82) is 0 Å². The predicted molar refractivity (Wildman–Crippen MR) is 91.4 cm³/mol. The third kappa shape index (κ3) is 4.42. The number of halogens is 1. The van der Waals surface area contributed by atoms with E-state index in [1.54, 1.807) is 0 Å². The zero-order valence-corrected chi connectivity index (χ0v) is 14.2. The molecule has 3 unspecified atom stereocenters. The van der Waals surface area contributed by atoms with Crippen LogP contribution in [-0.4, -0.2) is 48.8 Å². The summed E-state index contributed by atoms with van der Waals surface area (Å²) >= 11 is 0. The Hall–Kier alpha value is -0.680. The van der Waals surface area contributed by atoms with E-state index < -0.39 is 0 Å². The Morgan fingerprint density at radius 2 is 2.36 bits per heavy atom. The van der Waals surface area contributed by atoms with Crippen LogP contribution >= 0.6 is 12.4 Å². The lowest BCUT2D eigenvalue weighted by Crippen LogP contribution is -2.48. The van der Waals surface area contributed by atoms with Crippen LogP contribution in [0.4, 0.5) is 0 Å². The van der Waals surface area contributed by atoms with E-state index in [9.17, 15) is 0 Å². The molecule has 0 spiro atoms. The van der Waals surface area contributed by atoms with E-state index >= 15 is 0 Å². The molecule has 0 radical (unpaired) electrons. The molecule has 2 aliphatic rings. The van der Waals surface area contributed by atoms with Gasteiger partial charge in [0, 0.05) is 51.2 Å². The first-order valence-electron chi connectivity index (χ1n) is 8.33. The number of nitrogens with one attached hydrogen (secondary N) is 1. The third-order valence-electron chi connectivity index (χ3n) is 4.85. The van der Waals surface area contributed by atoms with E-state index in [1.807, 2.05) is 18.5 Å². The van der Waals surface area contributed by atoms with Crippen molar-refractivity contribution in [3.05, 3.63) is 30.1 Å². The minimum Gasteiger partial charge on any atom is -0.378 e. The highest BCUT2D eigenvalue weighted by Gasteiger charge is 2.28.